The summed E-state index contributed by atoms with van der Waals surface area (Å²) in [4.78, 5) is 15.8. The highest BCUT2D eigenvalue weighted by Crippen LogP contribution is 2.29. The number of carbonyl (C=O) groups excluding carboxylic acids is 1. The first-order valence-corrected chi connectivity index (χ1v) is 10.4. The first-order valence-electron chi connectivity index (χ1n) is 9.64. The summed E-state index contributed by atoms with van der Waals surface area (Å²) in [7, 11) is 1.72. The van der Waals surface area contributed by atoms with Gasteiger partial charge in [0, 0.05) is 24.1 Å². The van der Waals surface area contributed by atoms with Crippen LogP contribution in [0.2, 0.25) is 0 Å². The van der Waals surface area contributed by atoms with Crippen LogP contribution >= 0.6 is 15.9 Å². The molecule has 0 aromatic heterocycles. The normalized spacial score (nSPS) is 24.0. The zero-order valence-corrected chi connectivity index (χ0v) is 17.2. The molecule has 2 amide bonds. The molecule has 2 fully saturated rings. The summed E-state index contributed by atoms with van der Waals surface area (Å²) in [6.07, 6.45) is 5.81. The number of amides is 2. The van der Waals surface area contributed by atoms with Gasteiger partial charge in [0.15, 0.2) is 0 Å². The zero-order chi connectivity index (χ0) is 18.5. The molecule has 144 valence electrons. The third-order valence-electron chi connectivity index (χ3n) is 5.82. The number of hydrogen-bond donors (Lipinski definition) is 1. The molecule has 5 nitrogen and oxygen atoms in total. The summed E-state index contributed by atoms with van der Waals surface area (Å²) in [5.74, 6) is 2.23. The Morgan fingerprint density at radius 3 is 2.88 bits per heavy atom. The van der Waals surface area contributed by atoms with E-state index in [2.05, 4.69) is 33.0 Å². The number of rotatable bonds is 6. The molecular formula is C20H30BrN3O2. The van der Waals surface area contributed by atoms with Crippen LogP contribution in [0.3, 0.4) is 0 Å². The minimum atomic E-state index is -0.264. The summed E-state index contributed by atoms with van der Waals surface area (Å²) in [6.45, 7) is 5.14. The molecule has 2 aliphatic heterocycles. The molecule has 26 heavy (non-hydrogen) atoms. The van der Waals surface area contributed by atoms with Crippen LogP contribution < -0.4 is 10.5 Å². The van der Waals surface area contributed by atoms with Crippen LogP contribution in [-0.4, -0.2) is 55.7 Å². The fourth-order valence-electron chi connectivity index (χ4n) is 4.29. The number of halogens is 1. The van der Waals surface area contributed by atoms with E-state index in [1.165, 1.54) is 35.8 Å². The molecule has 2 aliphatic rings. The van der Waals surface area contributed by atoms with E-state index in [0.29, 0.717) is 11.8 Å². The molecule has 0 aliphatic carbocycles. The number of hydrogen-bond acceptors (Lipinski definition) is 3. The lowest BCUT2D eigenvalue weighted by molar-refractivity contribution is 0.163. The van der Waals surface area contributed by atoms with Crippen LogP contribution in [0, 0.1) is 11.8 Å². The molecule has 2 heterocycles. The molecule has 3 rings (SSSR count). The van der Waals surface area contributed by atoms with E-state index in [1.54, 1.807) is 12.0 Å². The Balaban J connectivity index is 1.45. The maximum atomic E-state index is 11.4. The molecule has 0 spiro atoms. The number of primary amides is 1. The van der Waals surface area contributed by atoms with Crippen molar-refractivity contribution in [1.29, 1.82) is 0 Å². The van der Waals surface area contributed by atoms with Gasteiger partial charge in [-0.15, -0.1) is 0 Å². The highest BCUT2D eigenvalue weighted by Gasteiger charge is 2.26. The van der Waals surface area contributed by atoms with Gasteiger partial charge < -0.3 is 20.3 Å². The average molecular weight is 424 g/mol. The van der Waals surface area contributed by atoms with Crippen molar-refractivity contribution in [2.75, 3.05) is 39.8 Å². The number of likely N-dealkylation sites (tertiary alicyclic amines) is 2. The van der Waals surface area contributed by atoms with E-state index < -0.39 is 0 Å². The van der Waals surface area contributed by atoms with Crippen molar-refractivity contribution < 1.29 is 9.53 Å². The fourth-order valence-corrected chi connectivity index (χ4v) is 4.70. The van der Waals surface area contributed by atoms with Crippen molar-refractivity contribution in [2.45, 2.75) is 32.1 Å². The van der Waals surface area contributed by atoms with Gasteiger partial charge in [-0.2, -0.15) is 0 Å². The van der Waals surface area contributed by atoms with Gasteiger partial charge in [-0.1, -0.05) is 15.9 Å². The summed E-state index contributed by atoms with van der Waals surface area (Å²) in [5.41, 5.74) is 6.77. The van der Waals surface area contributed by atoms with Crippen LogP contribution in [0.15, 0.2) is 22.7 Å². The molecular weight excluding hydrogens is 394 g/mol. The number of piperidine rings is 1. The zero-order valence-electron chi connectivity index (χ0n) is 15.6. The molecule has 0 saturated carbocycles. The second-order valence-corrected chi connectivity index (χ2v) is 8.55. The molecule has 2 atom stereocenters. The first kappa shape index (κ1) is 19.5. The highest BCUT2D eigenvalue weighted by molar-refractivity contribution is 9.10. The Labute approximate surface area is 165 Å². The van der Waals surface area contributed by atoms with Gasteiger partial charge in [0.2, 0.25) is 0 Å². The van der Waals surface area contributed by atoms with E-state index in [-0.39, 0.29) is 6.03 Å². The largest absolute Gasteiger partial charge is 0.497 e. The SMILES string of the molecule is COc1ccc(Br)c(CC2CCN(CCC3CCCN(C(N)=O)C3)C2)c1. The number of carbonyl (C=O) groups is 1. The van der Waals surface area contributed by atoms with Crippen LogP contribution in [0.25, 0.3) is 0 Å². The molecule has 2 unspecified atom stereocenters. The molecule has 1 aromatic carbocycles. The van der Waals surface area contributed by atoms with E-state index in [0.717, 1.165) is 44.8 Å². The topological polar surface area (TPSA) is 58.8 Å². The van der Waals surface area contributed by atoms with Crippen molar-refractivity contribution in [3.05, 3.63) is 28.2 Å². The predicted molar refractivity (Wildman–Crippen MR) is 107 cm³/mol. The number of benzene rings is 1. The van der Waals surface area contributed by atoms with Gasteiger partial charge in [-0.05, 0) is 80.8 Å². The van der Waals surface area contributed by atoms with Crippen LogP contribution in [-0.2, 0) is 6.42 Å². The Morgan fingerprint density at radius 2 is 2.12 bits per heavy atom. The van der Waals surface area contributed by atoms with Gasteiger partial charge in [-0.25, -0.2) is 4.79 Å². The smallest absolute Gasteiger partial charge is 0.314 e. The van der Waals surface area contributed by atoms with E-state index in [1.807, 2.05) is 6.07 Å². The third-order valence-corrected chi connectivity index (χ3v) is 6.59. The van der Waals surface area contributed by atoms with Gasteiger partial charge in [0.25, 0.3) is 0 Å². The summed E-state index contributed by atoms with van der Waals surface area (Å²) >= 11 is 3.67. The molecule has 0 radical (unpaired) electrons. The van der Waals surface area contributed by atoms with Crippen LogP contribution in [0.4, 0.5) is 4.79 Å². The lowest BCUT2D eigenvalue weighted by Crippen LogP contribution is -2.43. The van der Waals surface area contributed by atoms with Gasteiger partial charge >= 0.3 is 6.03 Å². The average Bonchev–Trinajstić information content (AvgIpc) is 3.09. The molecule has 1 aromatic rings. The van der Waals surface area contributed by atoms with Crippen molar-refractivity contribution >= 4 is 22.0 Å². The van der Waals surface area contributed by atoms with E-state index in [9.17, 15) is 4.79 Å². The van der Waals surface area contributed by atoms with E-state index >= 15 is 0 Å². The molecule has 6 heteroatoms. The number of urea groups is 1. The van der Waals surface area contributed by atoms with Crippen molar-refractivity contribution in [3.63, 3.8) is 0 Å². The molecule has 2 N–H and O–H groups in total. The summed E-state index contributed by atoms with van der Waals surface area (Å²) in [6, 6.07) is 5.95. The monoisotopic (exact) mass is 423 g/mol. The predicted octanol–water partition coefficient (Wildman–Crippen LogP) is 3.50. The Bertz CT molecular complexity index is 625. The highest BCUT2D eigenvalue weighted by atomic mass is 79.9. The van der Waals surface area contributed by atoms with Gasteiger partial charge in [-0.3, -0.25) is 0 Å². The molecule has 2 saturated heterocycles. The van der Waals surface area contributed by atoms with Gasteiger partial charge in [0.05, 0.1) is 7.11 Å². The van der Waals surface area contributed by atoms with Crippen LogP contribution in [0.5, 0.6) is 5.75 Å². The second kappa shape index (κ2) is 9.09. The van der Waals surface area contributed by atoms with Crippen LogP contribution in [0.1, 0.15) is 31.2 Å². The van der Waals surface area contributed by atoms with Crippen molar-refractivity contribution in [1.82, 2.24) is 9.80 Å². The maximum Gasteiger partial charge on any atom is 0.314 e. The lowest BCUT2D eigenvalue weighted by Gasteiger charge is -2.32. The number of nitrogens with two attached hydrogens (primary N) is 1. The number of nitrogens with zero attached hydrogens (tertiary/aromatic N) is 2. The standard InChI is InChI=1S/C20H30BrN3O2/c1-26-18-4-5-19(21)17(12-18)11-16-7-10-23(13-16)9-6-15-3-2-8-24(14-15)20(22)25/h4-5,12,15-16H,2-3,6-11,13-14H2,1H3,(H2,22,25). The first-order chi connectivity index (χ1) is 12.5. The Morgan fingerprint density at radius 1 is 1.27 bits per heavy atom. The fraction of sp³-hybridized carbons (Fsp3) is 0.650. The molecule has 0 bridgehead atoms. The third kappa shape index (κ3) is 5.13. The minimum absolute atomic E-state index is 0.264. The maximum absolute atomic E-state index is 11.4. The minimum Gasteiger partial charge on any atom is -0.497 e. The summed E-state index contributed by atoms with van der Waals surface area (Å²) < 4.78 is 6.53. The Hall–Kier alpha value is -1.27. The summed E-state index contributed by atoms with van der Waals surface area (Å²) in [5, 5.41) is 0. The lowest BCUT2D eigenvalue weighted by atomic mass is 9.95. The Kier molecular flexibility index (Phi) is 6.81. The number of ether oxygens (including phenoxy) is 1. The quantitative estimate of drug-likeness (QED) is 0.761. The van der Waals surface area contributed by atoms with Gasteiger partial charge in [0.1, 0.15) is 5.75 Å². The second-order valence-electron chi connectivity index (χ2n) is 7.70. The van der Waals surface area contributed by atoms with Crippen molar-refractivity contribution in [3.8, 4) is 5.75 Å². The van der Waals surface area contributed by atoms with E-state index in [4.69, 9.17) is 10.5 Å². The number of methoxy groups -OCH3 is 1. The van der Waals surface area contributed by atoms with Crippen molar-refractivity contribution in [2.24, 2.45) is 17.6 Å².